The van der Waals surface area contributed by atoms with E-state index in [1.807, 2.05) is 12.1 Å². The molecule has 1 aromatic heterocycles. The molecule has 0 aliphatic carbocycles. The minimum atomic E-state index is 0.239. The van der Waals surface area contributed by atoms with Gasteiger partial charge in [-0.3, -0.25) is 0 Å². The van der Waals surface area contributed by atoms with E-state index in [4.69, 9.17) is 17.3 Å². The number of aromatic nitrogens is 1. The Hall–Kier alpha value is -0.250. The molecule has 2 N–H and O–H groups in total. The van der Waals surface area contributed by atoms with Gasteiger partial charge in [0.05, 0.1) is 5.02 Å². The highest BCUT2D eigenvalue weighted by atomic mass is 35.5. The first-order valence-electron chi connectivity index (χ1n) is 4.73. The summed E-state index contributed by atoms with van der Waals surface area (Å²) in [6.45, 7) is 2.14. The van der Waals surface area contributed by atoms with Crippen molar-refractivity contribution < 1.29 is 0 Å². The van der Waals surface area contributed by atoms with Crippen LogP contribution in [0.3, 0.4) is 0 Å². The van der Waals surface area contributed by atoms with Gasteiger partial charge in [0.2, 0.25) is 0 Å². The summed E-state index contributed by atoms with van der Waals surface area (Å²) in [5.41, 5.74) is 5.89. The third kappa shape index (κ3) is 3.86. The fourth-order valence-corrected chi connectivity index (χ4v) is 2.28. The number of pyridine rings is 1. The quantitative estimate of drug-likeness (QED) is 0.791. The van der Waals surface area contributed by atoms with Gasteiger partial charge >= 0.3 is 0 Å². The van der Waals surface area contributed by atoms with Gasteiger partial charge in [-0.25, -0.2) is 4.98 Å². The first-order valence-corrected chi connectivity index (χ1v) is 6.09. The Morgan fingerprint density at radius 1 is 1.64 bits per heavy atom. The van der Waals surface area contributed by atoms with Crippen LogP contribution in [-0.4, -0.2) is 16.8 Å². The molecule has 0 aliphatic rings. The maximum absolute atomic E-state index is 5.96. The van der Waals surface area contributed by atoms with Crippen LogP contribution in [0, 0.1) is 0 Å². The summed E-state index contributed by atoms with van der Waals surface area (Å²) in [5, 5.41) is 1.59. The Morgan fingerprint density at radius 2 is 2.43 bits per heavy atom. The van der Waals surface area contributed by atoms with Gasteiger partial charge in [-0.05, 0) is 18.6 Å². The molecule has 1 rings (SSSR count). The highest BCUT2D eigenvalue weighted by Gasteiger charge is 2.05. The molecule has 0 bridgehead atoms. The van der Waals surface area contributed by atoms with Gasteiger partial charge < -0.3 is 5.73 Å². The van der Waals surface area contributed by atoms with E-state index < -0.39 is 0 Å². The second kappa shape index (κ2) is 6.27. The minimum Gasteiger partial charge on any atom is -0.327 e. The van der Waals surface area contributed by atoms with Crippen molar-refractivity contribution in [1.29, 1.82) is 0 Å². The van der Waals surface area contributed by atoms with E-state index in [-0.39, 0.29) is 6.04 Å². The van der Waals surface area contributed by atoms with Crippen LogP contribution in [0.4, 0.5) is 0 Å². The lowest BCUT2D eigenvalue weighted by atomic mass is 10.2. The van der Waals surface area contributed by atoms with Gasteiger partial charge in [0.25, 0.3) is 0 Å². The van der Waals surface area contributed by atoms with Crippen LogP contribution in [0.15, 0.2) is 23.4 Å². The average Bonchev–Trinajstić information content (AvgIpc) is 2.17. The molecule has 0 spiro atoms. The van der Waals surface area contributed by atoms with Crippen molar-refractivity contribution in [2.45, 2.75) is 30.8 Å². The predicted octanol–water partition coefficient (Wildman–Crippen LogP) is 2.95. The van der Waals surface area contributed by atoms with E-state index in [0.717, 1.165) is 23.6 Å². The maximum atomic E-state index is 5.96. The van der Waals surface area contributed by atoms with Crippen molar-refractivity contribution in [2.75, 3.05) is 5.75 Å². The SMILES string of the molecule is CCCC(N)CSc1ncccc1Cl. The summed E-state index contributed by atoms with van der Waals surface area (Å²) < 4.78 is 0. The highest BCUT2D eigenvalue weighted by molar-refractivity contribution is 7.99. The zero-order valence-corrected chi connectivity index (χ0v) is 9.81. The van der Waals surface area contributed by atoms with E-state index >= 15 is 0 Å². The van der Waals surface area contributed by atoms with E-state index in [9.17, 15) is 0 Å². The molecule has 14 heavy (non-hydrogen) atoms. The van der Waals surface area contributed by atoms with Crippen LogP contribution < -0.4 is 5.73 Å². The standard InChI is InChI=1S/C10H15ClN2S/c1-2-4-8(12)7-14-10-9(11)5-3-6-13-10/h3,5-6,8H,2,4,7,12H2,1H3. The predicted molar refractivity (Wildman–Crippen MR) is 62.9 cm³/mol. The van der Waals surface area contributed by atoms with Crippen molar-refractivity contribution in [3.05, 3.63) is 23.4 Å². The highest BCUT2D eigenvalue weighted by Crippen LogP contribution is 2.24. The number of hydrogen-bond acceptors (Lipinski definition) is 3. The topological polar surface area (TPSA) is 38.9 Å². The summed E-state index contributed by atoms with van der Waals surface area (Å²) in [5.74, 6) is 0.880. The summed E-state index contributed by atoms with van der Waals surface area (Å²) >= 11 is 7.59. The summed E-state index contributed by atoms with van der Waals surface area (Å²) in [4.78, 5) is 4.19. The molecule has 2 nitrogen and oxygen atoms in total. The number of hydrogen-bond donors (Lipinski definition) is 1. The number of nitrogens with two attached hydrogens (primary N) is 1. The monoisotopic (exact) mass is 230 g/mol. The smallest absolute Gasteiger partial charge is 0.115 e. The molecule has 0 saturated carbocycles. The molecule has 0 amide bonds. The fraction of sp³-hybridized carbons (Fsp3) is 0.500. The lowest BCUT2D eigenvalue weighted by Crippen LogP contribution is -2.22. The Kier molecular flexibility index (Phi) is 5.30. The van der Waals surface area contributed by atoms with E-state index in [0.29, 0.717) is 5.02 Å². The number of halogens is 1. The molecule has 1 aromatic rings. The summed E-state index contributed by atoms with van der Waals surface area (Å²) in [6.07, 6.45) is 3.93. The molecule has 0 radical (unpaired) electrons. The fourth-order valence-electron chi connectivity index (χ4n) is 1.12. The van der Waals surface area contributed by atoms with Crippen molar-refractivity contribution in [3.63, 3.8) is 0 Å². The van der Waals surface area contributed by atoms with Crippen LogP contribution in [0.1, 0.15) is 19.8 Å². The Morgan fingerprint density at radius 3 is 3.07 bits per heavy atom. The third-order valence-corrected chi connectivity index (χ3v) is 3.43. The normalized spacial score (nSPS) is 12.8. The van der Waals surface area contributed by atoms with Crippen LogP contribution in [0.5, 0.6) is 0 Å². The largest absolute Gasteiger partial charge is 0.327 e. The van der Waals surface area contributed by atoms with Crippen molar-refractivity contribution >= 4 is 23.4 Å². The third-order valence-electron chi connectivity index (χ3n) is 1.82. The molecule has 1 heterocycles. The van der Waals surface area contributed by atoms with E-state index in [1.165, 1.54) is 0 Å². The van der Waals surface area contributed by atoms with Gasteiger partial charge in [0.1, 0.15) is 5.03 Å². The van der Waals surface area contributed by atoms with E-state index in [1.54, 1.807) is 18.0 Å². The van der Waals surface area contributed by atoms with Crippen LogP contribution in [0.2, 0.25) is 5.02 Å². The van der Waals surface area contributed by atoms with Gasteiger partial charge in [0.15, 0.2) is 0 Å². The zero-order valence-electron chi connectivity index (χ0n) is 8.24. The summed E-state index contributed by atoms with van der Waals surface area (Å²) in [6, 6.07) is 3.92. The first-order chi connectivity index (χ1) is 6.74. The second-order valence-corrected chi connectivity index (χ2v) is 4.57. The average molecular weight is 231 g/mol. The number of nitrogens with zero attached hydrogens (tertiary/aromatic N) is 1. The van der Waals surface area contributed by atoms with Crippen LogP contribution in [0.25, 0.3) is 0 Å². The molecule has 78 valence electrons. The van der Waals surface area contributed by atoms with Gasteiger partial charge in [-0.2, -0.15) is 0 Å². The van der Waals surface area contributed by atoms with Crippen molar-refractivity contribution in [2.24, 2.45) is 5.73 Å². The zero-order chi connectivity index (χ0) is 10.4. The Balaban J connectivity index is 2.41. The molecular weight excluding hydrogens is 216 g/mol. The van der Waals surface area contributed by atoms with Crippen LogP contribution >= 0.6 is 23.4 Å². The van der Waals surface area contributed by atoms with Gasteiger partial charge in [0, 0.05) is 18.0 Å². The van der Waals surface area contributed by atoms with E-state index in [2.05, 4.69) is 11.9 Å². The molecule has 1 atom stereocenters. The molecule has 0 aromatic carbocycles. The Bertz CT molecular complexity index is 281. The lowest BCUT2D eigenvalue weighted by molar-refractivity contribution is 0.660. The van der Waals surface area contributed by atoms with Crippen molar-refractivity contribution in [3.8, 4) is 0 Å². The molecule has 0 aliphatic heterocycles. The van der Waals surface area contributed by atoms with Gasteiger partial charge in [-0.1, -0.05) is 24.9 Å². The van der Waals surface area contributed by atoms with Crippen molar-refractivity contribution in [1.82, 2.24) is 4.98 Å². The maximum Gasteiger partial charge on any atom is 0.115 e. The van der Waals surface area contributed by atoms with Crippen LogP contribution in [-0.2, 0) is 0 Å². The summed E-state index contributed by atoms with van der Waals surface area (Å²) in [7, 11) is 0. The number of thioether (sulfide) groups is 1. The Labute approximate surface area is 94.2 Å². The number of rotatable bonds is 5. The molecule has 0 saturated heterocycles. The first kappa shape index (κ1) is 11.8. The second-order valence-electron chi connectivity index (χ2n) is 3.15. The van der Waals surface area contributed by atoms with Gasteiger partial charge in [-0.15, -0.1) is 11.8 Å². The molecule has 1 unspecified atom stereocenters. The minimum absolute atomic E-state index is 0.239. The molecule has 4 heteroatoms. The lowest BCUT2D eigenvalue weighted by Gasteiger charge is -2.09. The molecular formula is C10H15ClN2S. The molecule has 0 fully saturated rings.